The summed E-state index contributed by atoms with van der Waals surface area (Å²) in [6.45, 7) is -0.118. The van der Waals surface area contributed by atoms with Gasteiger partial charge in [0.15, 0.2) is 11.2 Å². The average Bonchev–Trinajstić information content (AvgIpc) is 3.70. The van der Waals surface area contributed by atoms with Gasteiger partial charge in [-0.25, -0.2) is 14.3 Å². The fourth-order valence-electron chi connectivity index (χ4n) is 4.56. The molecule has 1 saturated heterocycles. The SMILES string of the molecule is [B]C([B])([B])C([B])([B])n1nccc1C(=O)N[C@@H](COC(C)(C)C(F)(F)F)c1cn2ncc([C@@H](COC)N3C[C@@H](C(F)(F)F)NC3=O)cc2n1. The number of carbonyl (C=O) groups is 2. The third-order valence-electron chi connectivity index (χ3n) is 7.65. The van der Waals surface area contributed by atoms with E-state index in [-0.39, 0.29) is 29.2 Å². The maximum absolute atomic E-state index is 13.6. The molecule has 0 saturated carbocycles. The van der Waals surface area contributed by atoms with Crippen molar-refractivity contribution in [3.8, 4) is 0 Å². The smallest absolute Gasteiger partial charge is 0.382 e. The normalized spacial score (nSPS) is 17.8. The van der Waals surface area contributed by atoms with Gasteiger partial charge in [0.25, 0.3) is 5.91 Å². The Morgan fingerprint density at radius 3 is 2.33 bits per heavy atom. The van der Waals surface area contributed by atoms with Gasteiger partial charge in [0.05, 0.1) is 89.2 Å². The fraction of sp³-hybridized carbons (Fsp3) is 0.560. The van der Waals surface area contributed by atoms with Crippen molar-refractivity contribution < 1.29 is 45.4 Å². The van der Waals surface area contributed by atoms with Crippen molar-refractivity contribution >= 4 is 56.8 Å². The molecule has 3 amide bonds. The van der Waals surface area contributed by atoms with Gasteiger partial charge in [-0.3, -0.25) is 9.48 Å². The summed E-state index contributed by atoms with van der Waals surface area (Å²) in [5.41, 5.74) is -2.76. The average molecular weight is 670 g/mol. The number of imidazole rings is 1. The second-order valence-electron chi connectivity index (χ2n) is 11.7. The Hall–Kier alpha value is -3.61. The van der Waals surface area contributed by atoms with Crippen LogP contribution in [0.4, 0.5) is 31.1 Å². The molecule has 3 aromatic heterocycles. The number of hydrogen-bond acceptors (Lipinski definition) is 7. The van der Waals surface area contributed by atoms with Crippen molar-refractivity contribution in [2.24, 2.45) is 0 Å². The number of aromatic nitrogens is 5. The van der Waals surface area contributed by atoms with Crippen molar-refractivity contribution in [2.45, 2.75) is 60.4 Å². The van der Waals surface area contributed by atoms with Crippen LogP contribution in [0.1, 0.15) is 47.7 Å². The first-order valence-electron chi connectivity index (χ1n) is 14.0. The Labute approximate surface area is 277 Å². The summed E-state index contributed by atoms with van der Waals surface area (Å²) in [6, 6.07) is -2.95. The molecule has 4 rings (SSSR count). The molecule has 1 aliphatic heterocycles. The zero-order valence-corrected chi connectivity index (χ0v) is 25.7. The number of halogens is 6. The molecule has 0 bridgehead atoms. The Kier molecular flexibility index (Phi) is 10.1. The summed E-state index contributed by atoms with van der Waals surface area (Å²) in [7, 11) is 30.2. The molecule has 1 fully saturated rings. The van der Waals surface area contributed by atoms with E-state index in [0.717, 1.165) is 29.6 Å². The lowest BCUT2D eigenvalue weighted by Crippen LogP contribution is -2.50. The molecule has 48 heavy (non-hydrogen) atoms. The van der Waals surface area contributed by atoms with Crippen LogP contribution in [0, 0.1) is 0 Å². The molecule has 12 nitrogen and oxygen atoms in total. The van der Waals surface area contributed by atoms with Crippen LogP contribution in [0.2, 0.25) is 5.11 Å². The van der Waals surface area contributed by atoms with Crippen LogP contribution in [0.15, 0.2) is 30.7 Å². The summed E-state index contributed by atoms with van der Waals surface area (Å²) in [5, 5.41) is 7.83. The van der Waals surface area contributed by atoms with Gasteiger partial charge in [0, 0.05) is 18.9 Å². The first kappa shape index (κ1) is 37.2. The highest BCUT2D eigenvalue weighted by molar-refractivity contribution is 6.66. The molecule has 246 valence electrons. The number of ether oxygens (including phenoxy) is 2. The molecule has 1 aliphatic rings. The van der Waals surface area contributed by atoms with Crippen molar-refractivity contribution in [3.05, 3.63) is 47.7 Å². The largest absolute Gasteiger partial charge is 0.416 e. The van der Waals surface area contributed by atoms with E-state index in [1.54, 1.807) is 0 Å². The van der Waals surface area contributed by atoms with Gasteiger partial charge >= 0.3 is 18.4 Å². The number of nitrogens with one attached hydrogen (secondary N) is 2. The lowest BCUT2D eigenvalue weighted by atomic mass is 9.26. The maximum atomic E-state index is 13.6. The van der Waals surface area contributed by atoms with Crippen molar-refractivity contribution in [3.63, 3.8) is 0 Å². The van der Waals surface area contributed by atoms with Crippen LogP contribution in [0.25, 0.3) is 5.65 Å². The van der Waals surface area contributed by atoms with Crippen molar-refractivity contribution in [1.29, 1.82) is 0 Å². The zero-order valence-electron chi connectivity index (χ0n) is 25.7. The molecule has 3 atom stereocenters. The number of methoxy groups -OCH3 is 1. The minimum Gasteiger partial charge on any atom is -0.382 e. The van der Waals surface area contributed by atoms with Crippen LogP contribution in [-0.4, -0.2) is 131 Å². The number of fused-ring (bicyclic) bond motifs is 1. The van der Waals surface area contributed by atoms with Gasteiger partial charge in [-0.1, -0.05) is 0 Å². The van der Waals surface area contributed by atoms with E-state index in [9.17, 15) is 35.9 Å². The molecule has 23 heteroatoms. The number of hydrogen-bond donors (Lipinski definition) is 2. The lowest BCUT2D eigenvalue weighted by molar-refractivity contribution is -0.265. The highest BCUT2D eigenvalue weighted by atomic mass is 19.4. The van der Waals surface area contributed by atoms with E-state index in [0.29, 0.717) is 0 Å². The van der Waals surface area contributed by atoms with E-state index in [1.165, 1.54) is 36.2 Å². The van der Waals surface area contributed by atoms with Gasteiger partial charge in [0.2, 0.25) is 0 Å². The Bertz CT molecular complexity index is 1640. The summed E-state index contributed by atoms with van der Waals surface area (Å²) in [6.07, 6.45) is -5.84. The van der Waals surface area contributed by atoms with Crippen molar-refractivity contribution in [1.82, 2.24) is 39.9 Å². The standard InChI is InChI=1S/C25H25B5F6N8O4/c1-21(2,25(34,35)36)48-10-14(40-19(45)15-4-5-37-44(15)24(29,30)23(26,27)28)13-8-43-18(39-13)6-12(7-38-43)16(11-47-3)42-9-17(22(31,32)33)41-20(42)46/h4-8,14,16-17H,9-11H2,1-3H3,(H,40,45)(H,41,46)/t14-,16+,17-/m0/s1. The Morgan fingerprint density at radius 1 is 1.10 bits per heavy atom. The van der Waals surface area contributed by atoms with Gasteiger partial charge in [-0.2, -0.15) is 36.5 Å². The second kappa shape index (κ2) is 13.0. The number of amides is 3. The number of urea groups is 1. The quantitative estimate of drug-likeness (QED) is 0.217. The van der Waals surface area contributed by atoms with E-state index >= 15 is 0 Å². The Balaban J connectivity index is 1.69. The molecule has 0 spiro atoms. The summed E-state index contributed by atoms with van der Waals surface area (Å²) in [4.78, 5) is 31.2. The lowest BCUT2D eigenvalue weighted by Gasteiger charge is -2.43. The summed E-state index contributed by atoms with van der Waals surface area (Å²) in [5.74, 6) is -0.972. The van der Waals surface area contributed by atoms with Gasteiger partial charge in [-0.15, -0.1) is 5.11 Å². The molecule has 3 aromatic rings. The highest BCUT2D eigenvalue weighted by Crippen LogP contribution is 2.35. The van der Waals surface area contributed by atoms with Crippen LogP contribution < -0.4 is 10.6 Å². The third-order valence-corrected chi connectivity index (χ3v) is 7.65. The minimum absolute atomic E-state index is 0.0473. The predicted octanol–water partition coefficient (Wildman–Crippen LogP) is 0.924. The van der Waals surface area contributed by atoms with Crippen LogP contribution in [-0.2, 0) is 14.8 Å². The van der Waals surface area contributed by atoms with E-state index in [1.807, 2.05) is 5.32 Å². The molecule has 2 N–H and O–H groups in total. The first-order chi connectivity index (χ1) is 22.0. The minimum atomic E-state index is -4.80. The predicted molar refractivity (Wildman–Crippen MR) is 161 cm³/mol. The molecule has 0 aromatic carbocycles. The third kappa shape index (κ3) is 7.50. The topological polar surface area (TPSA) is 128 Å². The second-order valence-corrected chi connectivity index (χ2v) is 11.7. The van der Waals surface area contributed by atoms with Gasteiger partial charge in [0.1, 0.15) is 11.7 Å². The first-order valence-corrected chi connectivity index (χ1v) is 14.0. The molecular formula is C25H25B5F6N8O4. The van der Waals surface area contributed by atoms with Crippen molar-refractivity contribution in [2.75, 3.05) is 26.9 Å². The number of carbonyl (C=O) groups excluding carboxylic acids is 2. The highest BCUT2D eigenvalue weighted by Gasteiger charge is 2.50. The Morgan fingerprint density at radius 2 is 1.77 bits per heavy atom. The maximum Gasteiger partial charge on any atom is 0.416 e. The van der Waals surface area contributed by atoms with E-state index < -0.39 is 71.6 Å². The molecule has 4 heterocycles. The fourth-order valence-corrected chi connectivity index (χ4v) is 4.56. The van der Waals surface area contributed by atoms with Crippen LogP contribution in [0.3, 0.4) is 0 Å². The van der Waals surface area contributed by atoms with Gasteiger partial charge < -0.3 is 25.0 Å². The molecule has 0 unspecified atom stereocenters. The zero-order chi connectivity index (χ0) is 36.0. The van der Waals surface area contributed by atoms with Crippen LogP contribution >= 0.6 is 0 Å². The molecular weight excluding hydrogens is 644 g/mol. The van der Waals surface area contributed by atoms with E-state index in [2.05, 4.69) is 20.5 Å². The monoisotopic (exact) mass is 670 g/mol. The van der Waals surface area contributed by atoms with Gasteiger partial charge in [-0.05, 0) is 31.3 Å². The summed E-state index contributed by atoms with van der Waals surface area (Å²) < 4.78 is 93.2. The molecule has 10 radical (unpaired) electrons. The number of alkyl halides is 6. The number of nitrogens with zero attached hydrogens (tertiary/aromatic N) is 6. The van der Waals surface area contributed by atoms with Crippen LogP contribution in [0.5, 0.6) is 0 Å². The number of rotatable bonds is 12. The molecule has 0 aliphatic carbocycles. The summed E-state index contributed by atoms with van der Waals surface area (Å²) >= 11 is 0. The van der Waals surface area contributed by atoms with E-state index in [4.69, 9.17) is 48.7 Å².